The van der Waals surface area contributed by atoms with Gasteiger partial charge in [-0.25, -0.2) is 4.79 Å². The van der Waals surface area contributed by atoms with Gasteiger partial charge < -0.3 is 0 Å². The summed E-state index contributed by atoms with van der Waals surface area (Å²) in [4.78, 5) is 30.2. The minimum absolute atomic E-state index is 0.000305. The number of pyridine rings is 1. The van der Waals surface area contributed by atoms with Crippen molar-refractivity contribution < 1.29 is 4.79 Å². The summed E-state index contributed by atoms with van der Waals surface area (Å²) in [5.74, 6) is 0.479. The van der Waals surface area contributed by atoms with Gasteiger partial charge in [0.1, 0.15) is 0 Å². The molecule has 0 amide bonds. The normalized spacial score (nSPS) is 11.9. The summed E-state index contributed by atoms with van der Waals surface area (Å²) < 4.78 is 3.43. The molecule has 1 atom stereocenters. The fraction of sp³-hybridized carbons (Fsp3) is 0.214. The molecule has 37 heavy (non-hydrogen) atoms. The molecule has 0 fully saturated rings. The highest BCUT2D eigenvalue weighted by atomic mass is 16.1. The van der Waals surface area contributed by atoms with Crippen molar-refractivity contribution in [3.8, 4) is 22.6 Å². The third kappa shape index (κ3) is 4.88. The number of aromatic nitrogens is 7. The van der Waals surface area contributed by atoms with E-state index in [-0.39, 0.29) is 17.5 Å². The van der Waals surface area contributed by atoms with Crippen molar-refractivity contribution in [1.82, 2.24) is 34.7 Å². The van der Waals surface area contributed by atoms with E-state index in [1.807, 2.05) is 73.1 Å². The second kappa shape index (κ2) is 10.5. The molecule has 0 aliphatic carbocycles. The van der Waals surface area contributed by atoms with Crippen LogP contribution in [0.5, 0.6) is 0 Å². The molecule has 0 aliphatic heterocycles. The number of ketones is 1. The van der Waals surface area contributed by atoms with E-state index in [2.05, 4.69) is 32.5 Å². The van der Waals surface area contributed by atoms with Gasteiger partial charge in [0.15, 0.2) is 5.78 Å². The molecule has 0 bridgehead atoms. The van der Waals surface area contributed by atoms with Crippen LogP contribution in [-0.2, 0) is 6.54 Å². The van der Waals surface area contributed by atoms with Crippen molar-refractivity contribution in [3.05, 3.63) is 106 Å². The zero-order chi connectivity index (χ0) is 25.8. The Balaban J connectivity index is 1.41. The van der Waals surface area contributed by atoms with E-state index in [1.54, 1.807) is 22.3 Å². The topological polar surface area (TPSA) is 111 Å². The smallest absolute Gasteiger partial charge is 0.295 e. The fourth-order valence-corrected chi connectivity index (χ4v) is 4.67. The van der Waals surface area contributed by atoms with Crippen LogP contribution < -0.4 is 5.69 Å². The van der Waals surface area contributed by atoms with Gasteiger partial charge in [0.2, 0.25) is 5.82 Å². The van der Waals surface area contributed by atoms with Crippen molar-refractivity contribution in [1.29, 1.82) is 0 Å². The number of hydrogen-bond acceptors (Lipinski definition) is 6. The van der Waals surface area contributed by atoms with Gasteiger partial charge in [-0.05, 0) is 41.8 Å². The third-order valence-electron chi connectivity index (χ3n) is 6.45. The van der Waals surface area contributed by atoms with Crippen LogP contribution in [0.4, 0.5) is 0 Å². The highest BCUT2D eigenvalue weighted by molar-refractivity contribution is 5.95. The number of H-pyrrole nitrogens is 1. The summed E-state index contributed by atoms with van der Waals surface area (Å²) in [5, 5.41) is 14.3. The Bertz CT molecular complexity index is 1570. The average Bonchev–Trinajstić information content (AvgIpc) is 3.59. The van der Waals surface area contributed by atoms with Gasteiger partial charge in [-0.3, -0.25) is 18.9 Å². The minimum atomic E-state index is -0.200. The zero-order valence-corrected chi connectivity index (χ0v) is 20.7. The number of aromatic amines is 1. The van der Waals surface area contributed by atoms with Crippen LogP contribution in [0.2, 0.25) is 0 Å². The number of rotatable bonds is 9. The van der Waals surface area contributed by atoms with Gasteiger partial charge in [0.05, 0.1) is 18.3 Å². The highest BCUT2D eigenvalue weighted by Crippen LogP contribution is 2.28. The Labute approximate surface area is 213 Å². The fourth-order valence-electron chi connectivity index (χ4n) is 4.67. The van der Waals surface area contributed by atoms with Crippen molar-refractivity contribution in [2.75, 3.05) is 0 Å². The Morgan fingerprint density at radius 1 is 1.03 bits per heavy atom. The number of nitrogens with one attached hydrogen (secondary N) is 1. The molecule has 0 aliphatic rings. The Hall–Kier alpha value is -4.66. The lowest BCUT2D eigenvalue weighted by atomic mass is 9.95. The molecule has 0 saturated carbocycles. The summed E-state index contributed by atoms with van der Waals surface area (Å²) in [6.07, 6.45) is 7.00. The molecule has 1 unspecified atom stereocenters. The predicted molar refractivity (Wildman–Crippen MR) is 140 cm³/mol. The first kappa shape index (κ1) is 24.1. The molecule has 0 spiro atoms. The van der Waals surface area contributed by atoms with Crippen LogP contribution in [0, 0.1) is 0 Å². The van der Waals surface area contributed by atoms with Crippen molar-refractivity contribution in [3.63, 3.8) is 0 Å². The number of carbonyl (C=O) groups excluding carboxylic acids is 1. The summed E-state index contributed by atoms with van der Waals surface area (Å²) in [5.41, 5.74) is 4.87. The third-order valence-corrected chi connectivity index (χ3v) is 6.45. The Morgan fingerprint density at radius 3 is 2.57 bits per heavy atom. The van der Waals surface area contributed by atoms with E-state index in [0.29, 0.717) is 17.9 Å². The van der Waals surface area contributed by atoms with Crippen molar-refractivity contribution in [2.24, 2.45) is 0 Å². The molecule has 0 radical (unpaired) electrons. The monoisotopic (exact) mass is 493 g/mol. The van der Waals surface area contributed by atoms with Gasteiger partial charge >= 0.3 is 5.69 Å². The number of nitrogens with zero attached hydrogens (tertiary/aromatic N) is 6. The maximum absolute atomic E-state index is 13.4. The molecule has 5 rings (SSSR count). The average molecular weight is 494 g/mol. The van der Waals surface area contributed by atoms with E-state index in [9.17, 15) is 9.59 Å². The maximum Gasteiger partial charge on any atom is 0.329 e. The lowest BCUT2D eigenvalue weighted by Gasteiger charge is -2.20. The van der Waals surface area contributed by atoms with E-state index >= 15 is 0 Å². The first-order valence-electron chi connectivity index (χ1n) is 12.2. The van der Waals surface area contributed by atoms with Gasteiger partial charge in [0, 0.05) is 35.3 Å². The molecule has 3 aromatic heterocycles. The second-order valence-electron chi connectivity index (χ2n) is 8.90. The van der Waals surface area contributed by atoms with Gasteiger partial charge in [-0.2, -0.15) is 5.21 Å². The molecule has 9 heteroatoms. The quantitative estimate of drug-likeness (QED) is 0.302. The first-order chi connectivity index (χ1) is 18.1. The predicted octanol–water partition coefficient (Wildman–Crippen LogP) is 4.53. The SMILES string of the molecule is CCCC(c1ccccc1C(C)=O)n1ccn(Cc2ccc(-c3ncccc3-c3nn[nH]n3)cc2)c1=O. The van der Waals surface area contributed by atoms with Gasteiger partial charge in [-0.15, -0.1) is 10.2 Å². The molecular weight excluding hydrogens is 466 g/mol. The van der Waals surface area contributed by atoms with E-state index in [0.717, 1.165) is 40.8 Å². The summed E-state index contributed by atoms with van der Waals surface area (Å²) >= 11 is 0. The standard InChI is InChI=1S/C28H27N7O2/c1-3-7-25(23-9-5-4-8-22(23)19(2)36)35-17-16-34(28(35)37)18-20-11-13-21(14-12-20)26-24(10-6-15-29-26)27-30-32-33-31-27/h4-6,8-17,25H,3,7,18H2,1-2H3,(H,30,31,32,33). The molecule has 9 nitrogen and oxygen atoms in total. The molecule has 5 aromatic rings. The van der Waals surface area contributed by atoms with Crippen LogP contribution in [-0.4, -0.2) is 40.5 Å². The lowest BCUT2D eigenvalue weighted by Crippen LogP contribution is -2.29. The summed E-state index contributed by atoms with van der Waals surface area (Å²) in [6.45, 7) is 4.08. The number of benzene rings is 2. The van der Waals surface area contributed by atoms with E-state index in [1.165, 1.54) is 0 Å². The minimum Gasteiger partial charge on any atom is -0.295 e. The Morgan fingerprint density at radius 2 is 1.84 bits per heavy atom. The molecule has 186 valence electrons. The zero-order valence-electron chi connectivity index (χ0n) is 20.7. The van der Waals surface area contributed by atoms with Crippen LogP contribution >= 0.6 is 0 Å². The van der Waals surface area contributed by atoms with Crippen LogP contribution in [0.15, 0.2) is 84.0 Å². The molecule has 0 saturated heterocycles. The number of imidazole rings is 1. The Kier molecular flexibility index (Phi) is 6.85. The number of carbonyl (C=O) groups is 1. The number of hydrogen-bond donors (Lipinski definition) is 1. The van der Waals surface area contributed by atoms with Gasteiger partial charge in [-0.1, -0.05) is 61.9 Å². The molecule has 1 N–H and O–H groups in total. The number of tetrazole rings is 1. The summed E-state index contributed by atoms with van der Waals surface area (Å²) in [6, 6.07) is 19.0. The van der Waals surface area contributed by atoms with Crippen LogP contribution in [0.25, 0.3) is 22.6 Å². The van der Waals surface area contributed by atoms with Gasteiger partial charge in [0.25, 0.3) is 0 Å². The van der Waals surface area contributed by atoms with Crippen LogP contribution in [0.1, 0.15) is 54.2 Å². The van der Waals surface area contributed by atoms with Crippen molar-refractivity contribution in [2.45, 2.75) is 39.3 Å². The lowest BCUT2D eigenvalue weighted by molar-refractivity contribution is 0.101. The van der Waals surface area contributed by atoms with Crippen LogP contribution in [0.3, 0.4) is 0 Å². The molecule has 2 aromatic carbocycles. The maximum atomic E-state index is 13.4. The van der Waals surface area contributed by atoms with E-state index in [4.69, 9.17) is 0 Å². The highest BCUT2D eigenvalue weighted by Gasteiger charge is 2.21. The van der Waals surface area contributed by atoms with E-state index < -0.39 is 0 Å². The largest absolute Gasteiger partial charge is 0.329 e. The second-order valence-corrected chi connectivity index (χ2v) is 8.90. The number of Topliss-reactive ketones (excluding diaryl/α,β-unsaturated/α-hetero) is 1. The molecular formula is C28H27N7O2. The first-order valence-corrected chi connectivity index (χ1v) is 12.2. The summed E-state index contributed by atoms with van der Waals surface area (Å²) in [7, 11) is 0. The molecule has 3 heterocycles. The van der Waals surface area contributed by atoms with Crippen molar-refractivity contribution >= 4 is 5.78 Å².